The molecule has 3 aliphatic rings. The molecule has 1 fully saturated rings. The van der Waals surface area contributed by atoms with Crippen molar-refractivity contribution in [3.05, 3.63) is 154 Å². The molecule has 3 N–H and O–H groups in total. The molecule has 384 valence electrons. The van der Waals surface area contributed by atoms with E-state index in [0.29, 0.717) is 78.4 Å². The molecule has 0 saturated heterocycles. The largest absolute Gasteiger partial charge is 0.497 e. The van der Waals surface area contributed by atoms with Crippen LogP contribution in [0.15, 0.2) is 133 Å². The van der Waals surface area contributed by atoms with Gasteiger partial charge in [-0.05, 0) is 120 Å². The summed E-state index contributed by atoms with van der Waals surface area (Å²) in [5, 5.41) is 41.2. The van der Waals surface area contributed by atoms with Crippen LogP contribution in [-0.2, 0) is 16.2 Å². The molecule has 2 amide bonds. The minimum Gasteiger partial charge on any atom is -0.497 e. The van der Waals surface area contributed by atoms with E-state index in [0.717, 1.165) is 34.8 Å². The summed E-state index contributed by atoms with van der Waals surface area (Å²) < 4.78 is 31.5. The molecular formula is C57H64N4O12. The van der Waals surface area contributed by atoms with Gasteiger partial charge in [0.15, 0.2) is 0 Å². The van der Waals surface area contributed by atoms with Gasteiger partial charge in [0.25, 0.3) is 11.6 Å². The van der Waals surface area contributed by atoms with E-state index in [1.807, 2.05) is 60.4 Å². The average molecular weight is 997 g/mol. The maximum atomic E-state index is 15.4. The van der Waals surface area contributed by atoms with Crippen LogP contribution in [0.1, 0.15) is 85.7 Å². The van der Waals surface area contributed by atoms with Crippen LogP contribution in [0, 0.1) is 27.9 Å². The smallest absolute Gasteiger partial charge is 0.417 e. The molecule has 0 aromatic heterocycles. The Kier molecular flexibility index (Phi) is 17.1. The zero-order chi connectivity index (χ0) is 51.5. The molecule has 8 rings (SSSR count). The number of methoxy groups -OCH3 is 2. The second-order valence-electron chi connectivity index (χ2n) is 18.6. The van der Waals surface area contributed by atoms with E-state index in [9.17, 15) is 25.1 Å². The molecule has 2 aliphatic carbocycles. The van der Waals surface area contributed by atoms with Crippen LogP contribution in [-0.4, -0.2) is 90.2 Å². The number of hydrogen-bond acceptors (Lipinski definition) is 13. The van der Waals surface area contributed by atoms with E-state index < -0.39 is 34.7 Å². The number of anilines is 1. The summed E-state index contributed by atoms with van der Waals surface area (Å²) in [5.41, 5.74) is 3.66. The zero-order valence-electron chi connectivity index (χ0n) is 41.6. The highest BCUT2D eigenvalue weighted by Crippen LogP contribution is 2.62. The van der Waals surface area contributed by atoms with E-state index in [-0.39, 0.29) is 62.0 Å². The van der Waals surface area contributed by atoms with Gasteiger partial charge >= 0.3 is 6.09 Å². The molecule has 1 saturated carbocycles. The Labute approximate surface area is 425 Å². The van der Waals surface area contributed by atoms with E-state index in [1.165, 1.54) is 26.4 Å². The first-order valence-corrected chi connectivity index (χ1v) is 25.0. The molecule has 1 aliphatic heterocycles. The molecule has 0 radical (unpaired) electrons. The predicted octanol–water partition coefficient (Wildman–Crippen LogP) is 10.8. The highest BCUT2D eigenvalue weighted by molar-refractivity contribution is 6.04. The number of benzene rings is 5. The lowest BCUT2D eigenvalue weighted by molar-refractivity contribution is -0.384. The highest BCUT2D eigenvalue weighted by Gasteiger charge is 2.65. The molecule has 0 spiro atoms. The molecule has 16 heteroatoms. The maximum absolute atomic E-state index is 15.4. The van der Waals surface area contributed by atoms with Crippen molar-refractivity contribution in [2.75, 3.05) is 45.9 Å². The van der Waals surface area contributed by atoms with Gasteiger partial charge in [0.05, 0.1) is 43.1 Å². The summed E-state index contributed by atoms with van der Waals surface area (Å²) >= 11 is 0. The third-order valence-electron chi connectivity index (χ3n) is 14.2. The zero-order valence-corrected chi connectivity index (χ0v) is 41.6. The van der Waals surface area contributed by atoms with Crippen LogP contribution in [0.4, 0.5) is 16.2 Å². The van der Waals surface area contributed by atoms with Gasteiger partial charge in [-0.1, -0.05) is 67.4 Å². The molecular weight excluding hydrogens is 933 g/mol. The van der Waals surface area contributed by atoms with Crippen molar-refractivity contribution in [1.82, 2.24) is 4.90 Å². The molecule has 5 aromatic rings. The quantitative estimate of drug-likeness (QED) is 0.0242. The number of unbranched alkanes of at least 4 members (excludes halogenated alkanes) is 2. The van der Waals surface area contributed by atoms with Crippen molar-refractivity contribution < 1.29 is 53.2 Å². The number of amides is 2. The fourth-order valence-corrected chi connectivity index (χ4v) is 10.9. The number of oxime groups is 1. The van der Waals surface area contributed by atoms with E-state index in [2.05, 4.69) is 18.0 Å². The molecule has 6 atom stereocenters. The molecule has 0 bridgehead atoms. The average Bonchev–Trinajstić information content (AvgIpc) is 3.40. The minimum absolute atomic E-state index is 0.00848. The van der Waals surface area contributed by atoms with E-state index in [4.69, 9.17) is 33.7 Å². The van der Waals surface area contributed by atoms with Crippen molar-refractivity contribution in [3.63, 3.8) is 0 Å². The maximum Gasteiger partial charge on any atom is 0.417 e. The second kappa shape index (κ2) is 24.0. The number of ether oxygens (including phenoxy) is 5. The summed E-state index contributed by atoms with van der Waals surface area (Å²) in [6.07, 6.45) is 7.94. The van der Waals surface area contributed by atoms with Gasteiger partial charge in [0.1, 0.15) is 35.6 Å². The lowest BCUT2D eigenvalue weighted by Crippen LogP contribution is -2.70. The van der Waals surface area contributed by atoms with Crippen LogP contribution in [0.5, 0.6) is 23.0 Å². The molecule has 5 aromatic carbocycles. The van der Waals surface area contributed by atoms with Crippen molar-refractivity contribution in [3.8, 4) is 23.0 Å². The Balaban J connectivity index is 1.29. The van der Waals surface area contributed by atoms with Gasteiger partial charge in [0, 0.05) is 61.4 Å². The Morgan fingerprint density at radius 3 is 2.38 bits per heavy atom. The number of aliphatic hydroxyl groups excluding tert-OH is 2. The number of nitro groups is 1. The van der Waals surface area contributed by atoms with E-state index >= 15 is 4.79 Å². The summed E-state index contributed by atoms with van der Waals surface area (Å²) in [6, 6.07) is 29.2. The number of nitrogens with zero attached hydrogens (tertiary/aromatic N) is 3. The Morgan fingerprint density at radius 2 is 1.67 bits per heavy atom. The van der Waals surface area contributed by atoms with Crippen molar-refractivity contribution in [2.45, 2.75) is 82.6 Å². The number of aliphatic hydroxyl groups is 2. The van der Waals surface area contributed by atoms with Gasteiger partial charge in [-0.15, -0.1) is 6.58 Å². The first-order chi connectivity index (χ1) is 35.6. The Bertz CT molecular complexity index is 2830. The third kappa shape index (κ3) is 11.4. The highest BCUT2D eigenvalue weighted by atomic mass is 16.7. The number of carbonyl (C=O) groups is 2. The molecule has 1 heterocycles. The second-order valence-corrected chi connectivity index (χ2v) is 18.6. The van der Waals surface area contributed by atoms with Crippen molar-refractivity contribution in [2.24, 2.45) is 22.9 Å². The Morgan fingerprint density at radius 1 is 0.918 bits per heavy atom. The van der Waals surface area contributed by atoms with Crippen LogP contribution in [0.3, 0.4) is 0 Å². The van der Waals surface area contributed by atoms with Crippen LogP contribution in [0.25, 0.3) is 10.8 Å². The summed E-state index contributed by atoms with van der Waals surface area (Å²) in [7, 11) is 3.03. The van der Waals surface area contributed by atoms with Gasteiger partial charge in [-0.2, -0.15) is 0 Å². The first-order valence-electron chi connectivity index (χ1n) is 25.0. The van der Waals surface area contributed by atoms with Gasteiger partial charge in [-0.3, -0.25) is 20.2 Å². The number of nitro benzene ring substituents is 1. The Hall–Kier alpha value is -7.27. The topological polar surface area (TPSA) is 201 Å². The van der Waals surface area contributed by atoms with Crippen LogP contribution < -0.4 is 24.3 Å². The molecule has 0 unspecified atom stereocenters. The van der Waals surface area contributed by atoms with Crippen molar-refractivity contribution in [1.29, 1.82) is 0 Å². The minimum atomic E-state index is -1.54. The summed E-state index contributed by atoms with van der Waals surface area (Å²) in [5.74, 6) is -1.29. The number of non-ortho nitro benzene ring substituents is 1. The van der Waals surface area contributed by atoms with Crippen LogP contribution >= 0.6 is 0 Å². The number of hydrogen-bond donors (Lipinski definition) is 3. The predicted molar refractivity (Wildman–Crippen MR) is 277 cm³/mol. The number of allylic oxidation sites excluding steroid dienone is 1. The van der Waals surface area contributed by atoms with Gasteiger partial charge in [0.2, 0.25) is 5.79 Å². The summed E-state index contributed by atoms with van der Waals surface area (Å²) in [4.78, 5) is 48.2. The lowest BCUT2D eigenvalue weighted by Gasteiger charge is -2.60. The first kappa shape index (κ1) is 52.1. The van der Waals surface area contributed by atoms with E-state index in [1.54, 1.807) is 48.5 Å². The van der Waals surface area contributed by atoms with Gasteiger partial charge in [-0.25, -0.2) is 4.79 Å². The third-order valence-corrected chi connectivity index (χ3v) is 14.2. The molecule has 16 nitrogen and oxygen atoms in total. The fourth-order valence-electron chi connectivity index (χ4n) is 10.9. The fraction of sp³-hybridized carbons (Fsp3) is 0.386. The number of fused-ring (bicyclic) bond motifs is 3. The lowest BCUT2D eigenvalue weighted by atomic mass is 9.55. The van der Waals surface area contributed by atoms with Gasteiger partial charge < -0.3 is 43.6 Å². The summed E-state index contributed by atoms with van der Waals surface area (Å²) in [6.45, 7) is 6.54. The van der Waals surface area contributed by atoms with Crippen molar-refractivity contribution >= 4 is 39.9 Å². The standard InChI is InChI=1S/C57H64N4O12/c1-5-27-60(55(64)41-20-19-38-13-7-8-14-39(38)31-41)52-35-49(59-71-36-37-17-21-42(22-18-37)61(66)67)46-32-40(15-9-11-28-62)45(16-10-12-29-63)53-47-33-44(24-26-50(47)73-57(52,54(46)53)70-30-6-2)72-56(65)58-48-25-23-43(68-3)34-51(48)69-4/h6-8,13-14,17-26,31-34,40,45,52-54,62-63H,2,5,9-12,15-16,27-30,35-36H2,1,3-4H3,(H,58,65)/t40-,45+,52-,53+,54+,57+/m0/s1. The SMILES string of the molecule is C=CCO[C@@]12Oc3ccc(OC(=O)Nc4ccc(OC)cc4OC)cc3[C@H]3[C@H](CCCCO)[C@@H](CCCCO)C=C(C(=NOCc4ccc([N+](=O)[O-])cc4)C[C@@H]1N(CCC)C(=O)c1ccc4ccccc4c1)[C@H]32. The number of carbonyl (C=O) groups excluding carboxylic acids is 2. The van der Waals surface area contributed by atoms with Crippen LogP contribution in [0.2, 0.25) is 0 Å². The normalized spacial score (nSPS) is 21.2. The monoisotopic (exact) mass is 996 g/mol. The number of nitrogens with one attached hydrogen (secondary N) is 1. The molecule has 73 heavy (non-hydrogen) atoms. The number of rotatable bonds is 23.